The van der Waals surface area contributed by atoms with Crippen molar-refractivity contribution in [1.82, 2.24) is 10.2 Å². The van der Waals surface area contributed by atoms with Crippen LogP contribution >= 0.6 is 11.8 Å². The van der Waals surface area contributed by atoms with Crippen molar-refractivity contribution in [3.63, 3.8) is 0 Å². The summed E-state index contributed by atoms with van der Waals surface area (Å²) in [4.78, 5) is 28.3. The van der Waals surface area contributed by atoms with Gasteiger partial charge >= 0.3 is 0 Å². The van der Waals surface area contributed by atoms with Crippen molar-refractivity contribution in [3.05, 3.63) is 65.2 Å². The van der Waals surface area contributed by atoms with Gasteiger partial charge in [0, 0.05) is 24.4 Å². The van der Waals surface area contributed by atoms with Crippen LogP contribution in [0, 0.1) is 0 Å². The molecule has 2 aromatic carbocycles. The lowest BCUT2D eigenvalue weighted by atomic mass is 9.91. The lowest BCUT2D eigenvalue weighted by Crippen LogP contribution is -2.46. The Kier molecular flexibility index (Phi) is 5.99. The normalized spacial score (nSPS) is 16.1. The molecule has 1 atom stereocenters. The number of benzene rings is 2. The van der Waals surface area contributed by atoms with Gasteiger partial charge in [0.2, 0.25) is 11.8 Å². The van der Waals surface area contributed by atoms with Gasteiger partial charge in [-0.2, -0.15) is 0 Å². The third-order valence-corrected chi connectivity index (χ3v) is 5.52. The second kappa shape index (κ2) is 8.41. The molecule has 0 aromatic heterocycles. The molecule has 0 radical (unpaired) electrons. The fourth-order valence-electron chi connectivity index (χ4n) is 3.35. The Morgan fingerprint density at radius 3 is 2.58 bits per heavy atom. The zero-order chi connectivity index (χ0) is 18.5. The van der Waals surface area contributed by atoms with Crippen molar-refractivity contribution in [2.75, 3.05) is 12.8 Å². The highest BCUT2D eigenvalue weighted by Crippen LogP contribution is 2.30. The highest BCUT2D eigenvalue weighted by atomic mass is 32.2. The second-order valence-corrected chi connectivity index (χ2v) is 7.24. The van der Waals surface area contributed by atoms with E-state index in [1.807, 2.05) is 49.6 Å². The van der Waals surface area contributed by atoms with Gasteiger partial charge in [0.25, 0.3) is 0 Å². The number of nitrogens with one attached hydrogen (secondary N) is 1. The van der Waals surface area contributed by atoms with Crippen molar-refractivity contribution in [1.29, 1.82) is 0 Å². The number of thioether (sulfide) groups is 1. The monoisotopic (exact) mass is 368 g/mol. The fraction of sp³-hybridized carbons (Fsp3) is 0.333. The van der Waals surface area contributed by atoms with E-state index in [0.717, 1.165) is 23.1 Å². The topological polar surface area (TPSA) is 49.4 Å². The zero-order valence-corrected chi connectivity index (χ0v) is 16.0. The molecule has 2 amide bonds. The first-order chi connectivity index (χ1) is 12.6. The Bertz CT molecular complexity index is 789. The number of fused-ring (bicyclic) bond motifs is 1. The van der Waals surface area contributed by atoms with Crippen molar-refractivity contribution in [2.45, 2.75) is 37.2 Å². The molecule has 1 aliphatic rings. The Morgan fingerprint density at radius 1 is 1.15 bits per heavy atom. The van der Waals surface area contributed by atoms with Gasteiger partial charge in [0.1, 0.15) is 6.04 Å². The number of hydrogen-bond donors (Lipinski definition) is 1. The van der Waals surface area contributed by atoms with E-state index in [2.05, 4.69) is 17.4 Å². The predicted molar refractivity (Wildman–Crippen MR) is 105 cm³/mol. The van der Waals surface area contributed by atoms with Gasteiger partial charge in [0.05, 0.1) is 0 Å². The minimum atomic E-state index is -0.544. The van der Waals surface area contributed by atoms with E-state index >= 15 is 0 Å². The van der Waals surface area contributed by atoms with Crippen molar-refractivity contribution in [2.24, 2.45) is 0 Å². The highest BCUT2D eigenvalue weighted by molar-refractivity contribution is 7.98. The smallest absolute Gasteiger partial charge is 0.247 e. The van der Waals surface area contributed by atoms with Crippen LogP contribution in [0.1, 0.15) is 36.1 Å². The number of carbonyl (C=O) groups excluding carboxylic acids is 2. The first-order valence-electron chi connectivity index (χ1n) is 8.92. The van der Waals surface area contributed by atoms with Gasteiger partial charge in [-0.1, -0.05) is 43.3 Å². The zero-order valence-electron chi connectivity index (χ0n) is 15.2. The molecule has 0 bridgehead atoms. The molecule has 5 heteroatoms. The van der Waals surface area contributed by atoms with E-state index in [9.17, 15) is 9.59 Å². The summed E-state index contributed by atoms with van der Waals surface area (Å²) in [6, 6.07) is 15.5. The Labute approximate surface area is 159 Å². The molecule has 2 aromatic rings. The maximum atomic E-state index is 13.0. The molecule has 0 spiro atoms. The van der Waals surface area contributed by atoms with E-state index in [1.54, 1.807) is 16.7 Å². The lowest BCUT2D eigenvalue weighted by Gasteiger charge is -2.36. The number of hydrogen-bond acceptors (Lipinski definition) is 3. The molecule has 1 heterocycles. The average Bonchev–Trinajstić information content (AvgIpc) is 2.70. The molecule has 26 heavy (non-hydrogen) atoms. The fourth-order valence-corrected chi connectivity index (χ4v) is 3.76. The van der Waals surface area contributed by atoms with Crippen LogP contribution in [0.4, 0.5) is 0 Å². The summed E-state index contributed by atoms with van der Waals surface area (Å²) in [5.41, 5.74) is 3.14. The molecule has 136 valence electrons. The van der Waals surface area contributed by atoms with Crippen LogP contribution in [0.15, 0.2) is 53.4 Å². The van der Waals surface area contributed by atoms with Gasteiger partial charge in [0.15, 0.2) is 0 Å². The molecule has 1 N–H and O–H groups in total. The van der Waals surface area contributed by atoms with Crippen LogP contribution < -0.4 is 5.32 Å². The Morgan fingerprint density at radius 2 is 1.88 bits per heavy atom. The molecule has 0 aliphatic carbocycles. The van der Waals surface area contributed by atoms with E-state index in [-0.39, 0.29) is 11.8 Å². The maximum Gasteiger partial charge on any atom is 0.247 e. The third-order valence-electron chi connectivity index (χ3n) is 4.78. The summed E-state index contributed by atoms with van der Waals surface area (Å²) < 4.78 is 0. The number of amides is 2. The van der Waals surface area contributed by atoms with Gasteiger partial charge in [-0.05, 0) is 41.5 Å². The average molecular weight is 369 g/mol. The van der Waals surface area contributed by atoms with Crippen molar-refractivity contribution >= 4 is 23.6 Å². The standard InChI is InChI=1S/C21H24N2O2S/c1-3-19(24)23-13-12-16-6-4-5-7-18(16)20(23)21(25)22-14-15-8-10-17(26-2)11-9-15/h4-11,20H,3,12-14H2,1-2H3,(H,22,25)/t20-/m1/s1. The molecule has 0 saturated carbocycles. The largest absolute Gasteiger partial charge is 0.350 e. The highest BCUT2D eigenvalue weighted by Gasteiger charge is 2.34. The third kappa shape index (κ3) is 3.93. The van der Waals surface area contributed by atoms with E-state index in [4.69, 9.17) is 0 Å². The first-order valence-corrected chi connectivity index (χ1v) is 10.1. The van der Waals surface area contributed by atoms with Gasteiger partial charge in [-0.25, -0.2) is 0 Å². The van der Waals surface area contributed by atoms with Crippen molar-refractivity contribution in [3.8, 4) is 0 Å². The first kappa shape index (κ1) is 18.5. The van der Waals surface area contributed by atoms with E-state index in [1.165, 1.54) is 4.90 Å². The van der Waals surface area contributed by atoms with Gasteiger partial charge in [-0.3, -0.25) is 9.59 Å². The predicted octanol–water partition coefficient (Wildman–Crippen LogP) is 3.56. The minimum absolute atomic E-state index is 0.0176. The van der Waals surface area contributed by atoms with Crippen molar-refractivity contribution < 1.29 is 9.59 Å². The molecule has 0 fully saturated rings. The molecule has 3 rings (SSSR count). The van der Waals surface area contributed by atoms with E-state index < -0.39 is 6.04 Å². The number of rotatable bonds is 5. The molecule has 1 aliphatic heterocycles. The van der Waals surface area contributed by atoms with E-state index in [0.29, 0.717) is 19.5 Å². The summed E-state index contributed by atoms with van der Waals surface area (Å²) >= 11 is 1.69. The summed E-state index contributed by atoms with van der Waals surface area (Å²) in [6.07, 6.45) is 3.24. The van der Waals surface area contributed by atoms with Crippen LogP contribution in [-0.2, 0) is 22.6 Å². The van der Waals surface area contributed by atoms with Gasteiger partial charge < -0.3 is 10.2 Å². The number of nitrogens with zero attached hydrogens (tertiary/aromatic N) is 1. The molecular formula is C21H24N2O2S. The lowest BCUT2D eigenvalue weighted by molar-refractivity contribution is -0.141. The number of carbonyl (C=O) groups is 2. The van der Waals surface area contributed by atoms with Crippen LogP contribution in [0.25, 0.3) is 0 Å². The molecular weight excluding hydrogens is 344 g/mol. The van der Waals surface area contributed by atoms with Crippen LogP contribution in [-0.4, -0.2) is 29.5 Å². The van der Waals surface area contributed by atoms with Gasteiger partial charge in [-0.15, -0.1) is 11.8 Å². The summed E-state index contributed by atoms with van der Waals surface area (Å²) in [7, 11) is 0. The molecule has 0 unspecified atom stereocenters. The van der Waals surface area contributed by atoms with Crippen LogP contribution in [0.5, 0.6) is 0 Å². The minimum Gasteiger partial charge on any atom is -0.350 e. The molecule has 4 nitrogen and oxygen atoms in total. The summed E-state index contributed by atoms with van der Waals surface area (Å²) in [6.45, 7) is 2.88. The second-order valence-electron chi connectivity index (χ2n) is 6.36. The molecule has 0 saturated heterocycles. The van der Waals surface area contributed by atoms with Crippen LogP contribution in [0.3, 0.4) is 0 Å². The maximum absolute atomic E-state index is 13.0. The quantitative estimate of drug-likeness (QED) is 0.821. The Hall–Kier alpha value is -2.27. The Balaban J connectivity index is 1.78. The SMILES string of the molecule is CCC(=O)N1CCc2ccccc2[C@@H]1C(=O)NCc1ccc(SC)cc1. The van der Waals surface area contributed by atoms with Crippen LogP contribution in [0.2, 0.25) is 0 Å². The summed E-state index contributed by atoms with van der Waals surface area (Å²) in [5.74, 6) is -0.100. The summed E-state index contributed by atoms with van der Waals surface area (Å²) in [5, 5.41) is 3.02.